The molecule has 1 amide bonds. The molecule has 0 fully saturated rings. The lowest BCUT2D eigenvalue weighted by molar-refractivity contribution is 0.102. The Hall–Kier alpha value is -2.80. The van der Waals surface area contributed by atoms with Crippen molar-refractivity contribution in [1.82, 2.24) is 14.8 Å². The average molecular weight is 354 g/mol. The van der Waals surface area contributed by atoms with Crippen LogP contribution in [-0.2, 0) is 7.05 Å². The molecule has 0 atom stereocenters. The minimum Gasteiger partial charge on any atom is -0.494 e. The molecule has 0 aliphatic rings. The van der Waals surface area contributed by atoms with Crippen LogP contribution in [0.25, 0.3) is 0 Å². The average Bonchev–Trinajstić information content (AvgIpc) is 3.02. The number of anilines is 1. The molecule has 0 spiro atoms. The Morgan fingerprint density at radius 2 is 1.88 bits per heavy atom. The maximum absolute atomic E-state index is 12.3. The van der Waals surface area contributed by atoms with E-state index in [1.54, 1.807) is 30.6 Å². The van der Waals surface area contributed by atoms with Crippen LogP contribution >= 0.6 is 11.8 Å². The van der Waals surface area contributed by atoms with E-state index in [2.05, 4.69) is 15.5 Å². The Labute approximate surface area is 150 Å². The molecule has 0 radical (unpaired) electrons. The quantitative estimate of drug-likeness (QED) is 0.732. The Morgan fingerprint density at radius 3 is 2.48 bits per heavy atom. The van der Waals surface area contributed by atoms with E-state index < -0.39 is 0 Å². The topological polar surface area (TPSA) is 69.0 Å². The first-order chi connectivity index (χ1) is 12.2. The van der Waals surface area contributed by atoms with Crippen molar-refractivity contribution in [3.05, 3.63) is 60.4 Å². The van der Waals surface area contributed by atoms with Crippen molar-refractivity contribution in [2.45, 2.75) is 17.0 Å². The summed E-state index contributed by atoms with van der Waals surface area (Å²) in [6.45, 7) is 2.52. The molecule has 7 heteroatoms. The molecule has 128 valence electrons. The van der Waals surface area contributed by atoms with Gasteiger partial charge in [-0.15, -0.1) is 10.2 Å². The highest BCUT2D eigenvalue weighted by Gasteiger charge is 2.07. The monoisotopic (exact) mass is 354 g/mol. The van der Waals surface area contributed by atoms with Crippen LogP contribution in [-0.4, -0.2) is 27.3 Å². The molecular formula is C18H18N4O2S. The zero-order valence-corrected chi connectivity index (χ0v) is 14.8. The number of benzene rings is 2. The van der Waals surface area contributed by atoms with Gasteiger partial charge in [-0.25, -0.2) is 0 Å². The second kappa shape index (κ2) is 7.85. The number of aryl methyl sites for hydroxylation is 1. The van der Waals surface area contributed by atoms with Crippen LogP contribution in [0.2, 0.25) is 0 Å². The van der Waals surface area contributed by atoms with E-state index in [0.29, 0.717) is 12.2 Å². The largest absolute Gasteiger partial charge is 0.494 e. The molecule has 0 aliphatic heterocycles. The van der Waals surface area contributed by atoms with Gasteiger partial charge in [0.05, 0.1) is 6.61 Å². The predicted molar refractivity (Wildman–Crippen MR) is 97.1 cm³/mol. The van der Waals surface area contributed by atoms with Gasteiger partial charge in [-0.05, 0) is 67.2 Å². The van der Waals surface area contributed by atoms with Crippen LogP contribution in [0.15, 0.2) is 64.9 Å². The van der Waals surface area contributed by atoms with E-state index in [1.165, 1.54) is 11.8 Å². The summed E-state index contributed by atoms with van der Waals surface area (Å²) in [5.41, 5.74) is 1.32. The van der Waals surface area contributed by atoms with E-state index >= 15 is 0 Å². The highest BCUT2D eigenvalue weighted by molar-refractivity contribution is 7.99. The van der Waals surface area contributed by atoms with Crippen molar-refractivity contribution in [2.75, 3.05) is 11.9 Å². The number of carbonyl (C=O) groups excluding carboxylic acids is 1. The molecular weight excluding hydrogens is 336 g/mol. The summed E-state index contributed by atoms with van der Waals surface area (Å²) in [7, 11) is 1.90. The molecule has 1 N–H and O–H groups in total. The van der Waals surface area contributed by atoms with Crippen LogP contribution in [0.4, 0.5) is 5.69 Å². The fraction of sp³-hybridized carbons (Fsp3) is 0.167. The van der Waals surface area contributed by atoms with Gasteiger partial charge in [0, 0.05) is 23.2 Å². The van der Waals surface area contributed by atoms with Crippen molar-refractivity contribution in [2.24, 2.45) is 7.05 Å². The van der Waals surface area contributed by atoms with E-state index in [9.17, 15) is 4.79 Å². The molecule has 6 nitrogen and oxygen atoms in total. The Balaban J connectivity index is 1.62. The van der Waals surface area contributed by atoms with Crippen molar-refractivity contribution in [3.8, 4) is 5.75 Å². The molecule has 0 aliphatic carbocycles. The van der Waals surface area contributed by atoms with Crippen molar-refractivity contribution in [3.63, 3.8) is 0 Å². The number of amides is 1. The van der Waals surface area contributed by atoms with E-state index in [1.807, 2.05) is 42.8 Å². The molecule has 1 aromatic heterocycles. The standard InChI is InChI=1S/C18H18N4O2S/c1-3-24-15-8-4-13(5-9-15)17(23)20-14-6-10-16(11-7-14)25-18-21-19-12-22(18)2/h4-12H,3H2,1-2H3,(H,20,23). The van der Waals surface area contributed by atoms with E-state index in [0.717, 1.165) is 21.5 Å². The van der Waals surface area contributed by atoms with Gasteiger partial charge in [0.2, 0.25) is 0 Å². The number of aromatic nitrogens is 3. The number of nitrogens with one attached hydrogen (secondary N) is 1. The van der Waals surface area contributed by atoms with Crippen LogP contribution in [0.5, 0.6) is 5.75 Å². The summed E-state index contributed by atoms with van der Waals surface area (Å²) in [5.74, 6) is 0.598. The van der Waals surface area contributed by atoms with Gasteiger partial charge in [-0.1, -0.05) is 0 Å². The number of hydrogen-bond donors (Lipinski definition) is 1. The molecule has 3 rings (SSSR count). The molecule has 0 unspecified atom stereocenters. The summed E-state index contributed by atoms with van der Waals surface area (Å²) < 4.78 is 7.23. The van der Waals surface area contributed by atoms with Crippen LogP contribution in [0, 0.1) is 0 Å². The Morgan fingerprint density at radius 1 is 1.16 bits per heavy atom. The van der Waals surface area contributed by atoms with E-state index in [-0.39, 0.29) is 5.91 Å². The Kier molecular flexibility index (Phi) is 5.35. The molecule has 1 heterocycles. The first-order valence-corrected chi connectivity index (χ1v) is 8.63. The molecule has 0 saturated carbocycles. The van der Waals surface area contributed by atoms with E-state index in [4.69, 9.17) is 4.74 Å². The summed E-state index contributed by atoms with van der Waals surface area (Å²) in [6, 6.07) is 14.7. The summed E-state index contributed by atoms with van der Waals surface area (Å²) in [4.78, 5) is 13.3. The number of ether oxygens (including phenoxy) is 1. The molecule has 3 aromatic rings. The van der Waals surface area contributed by atoms with Crippen molar-refractivity contribution in [1.29, 1.82) is 0 Å². The van der Waals surface area contributed by atoms with Gasteiger partial charge in [-0.3, -0.25) is 4.79 Å². The predicted octanol–water partition coefficient (Wildman–Crippen LogP) is 3.62. The van der Waals surface area contributed by atoms with Gasteiger partial charge < -0.3 is 14.6 Å². The zero-order valence-electron chi connectivity index (χ0n) is 14.0. The lowest BCUT2D eigenvalue weighted by Gasteiger charge is -2.07. The number of nitrogens with zero attached hydrogens (tertiary/aromatic N) is 3. The van der Waals surface area contributed by atoms with Crippen LogP contribution in [0.3, 0.4) is 0 Å². The highest BCUT2D eigenvalue weighted by atomic mass is 32.2. The second-order valence-corrected chi connectivity index (χ2v) is 6.30. The molecule has 0 saturated heterocycles. The summed E-state index contributed by atoms with van der Waals surface area (Å²) >= 11 is 1.51. The van der Waals surface area contributed by atoms with Gasteiger partial charge in [0.1, 0.15) is 12.1 Å². The number of hydrogen-bond acceptors (Lipinski definition) is 5. The fourth-order valence-corrected chi connectivity index (χ4v) is 2.91. The number of carbonyl (C=O) groups is 1. The fourth-order valence-electron chi connectivity index (χ4n) is 2.15. The first kappa shape index (κ1) is 17.0. The number of rotatable bonds is 6. The SMILES string of the molecule is CCOc1ccc(C(=O)Nc2ccc(Sc3nncn3C)cc2)cc1. The zero-order chi connectivity index (χ0) is 17.6. The minimum absolute atomic E-state index is 0.156. The van der Waals surface area contributed by atoms with Crippen LogP contribution in [0.1, 0.15) is 17.3 Å². The van der Waals surface area contributed by atoms with Crippen LogP contribution < -0.4 is 10.1 Å². The minimum atomic E-state index is -0.156. The summed E-state index contributed by atoms with van der Waals surface area (Å²) in [6.07, 6.45) is 1.66. The Bertz CT molecular complexity index is 844. The van der Waals surface area contributed by atoms with Crippen molar-refractivity contribution < 1.29 is 9.53 Å². The molecule has 0 bridgehead atoms. The third-order valence-electron chi connectivity index (χ3n) is 3.42. The normalized spacial score (nSPS) is 10.5. The smallest absolute Gasteiger partial charge is 0.255 e. The van der Waals surface area contributed by atoms with Gasteiger partial charge in [0.25, 0.3) is 5.91 Å². The van der Waals surface area contributed by atoms with Gasteiger partial charge >= 0.3 is 0 Å². The maximum Gasteiger partial charge on any atom is 0.255 e. The second-order valence-electron chi connectivity index (χ2n) is 5.26. The van der Waals surface area contributed by atoms with Gasteiger partial charge in [0.15, 0.2) is 5.16 Å². The lowest BCUT2D eigenvalue weighted by Crippen LogP contribution is -2.11. The van der Waals surface area contributed by atoms with Gasteiger partial charge in [-0.2, -0.15) is 0 Å². The highest BCUT2D eigenvalue weighted by Crippen LogP contribution is 2.26. The molecule has 2 aromatic carbocycles. The molecule has 25 heavy (non-hydrogen) atoms. The first-order valence-electron chi connectivity index (χ1n) is 7.82. The van der Waals surface area contributed by atoms with Crippen molar-refractivity contribution >= 4 is 23.4 Å². The third kappa shape index (κ3) is 4.39. The third-order valence-corrected chi connectivity index (χ3v) is 4.48. The lowest BCUT2D eigenvalue weighted by atomic mass is 10.2. The summed E-state index contributed by atoms with van der Waals surface area (Å²) in [5, 5.41) is 11.6. The maximum atomic E-state index is 12.3.